The molecule has 0 aromatic heterocycles. The monoisotopic (exact) mass is 272 g/mol. The van der Waals surface area contributed by atoms with Crippen LogP contribution < -0.4 is 5.32 Å². The largest absolute Gasteiger partial charge is 0.304 e. The van der Waals surface area contributed by atoms with Gasteiger partial charge in [-0.1, -0.05) is 45.0 Å². The van der Waals surface area contributed by atoms with Crippen LogP contribution in [0.1, 0.15) is 71.6 Å². The van der Waals surface area contributed by atoms with Crippen LogP contribution in [-0.2, 0) is 5.41 Å². The van der Waals surface area contributed by atoms with Crippen molar-refractivity contribution < 1.29 is 0 Å². The van der Waals surface area contributed by atoms with Crippen molar-refractivity contribution in [1.82, 2.24) is 5.32 Å². The molecule has 2 nitrogen and oxygen atoms in total. The van der Waals surface area contributed by atoms with E-state index >= 15 is 0 Å². The summed E-state index contributed by atoms with van der Waals surface area (Å²) in [6.07, 6.45) is 1.61. The summed E-state index contributed by atoms with van der Waals surface area (Å²) in [6, 6.07) is 11.1. The highest BCUT2D eigenvalue weighted by molar-refractivity contribution is 5.30. The predicted octanol–water partition coefficient (Wildman–Crippen LogP) is 4.72. The van der Waals surface area contributed by atoms with Gasteiger partial charge in [-0.05, 0) is 43.7 Å². The van der Waals surface area contributed by atoms with E-state index in [0.717, 1.165) is 6.42 Å². The van der Waals surface area contributed by atoms with E-state index in [1.54, 1.807) is 0 Å². The summed E-state index contributed by atoms with van der Waals surface area (Å²) < 4.78 is 0. The van der Waals surface area contributed by atoms with Crippen LogP contribution in [0, 0.1) is 11.3 Å². The van der Waals surface area contributed by atoms with Gasteiger partial charge in [0.2, 0.25) is 0 Å². The molecule has 0 spiro atoms. The number of hydrogen-bond acceptors (Lipinski definition) is 2. The highest BCUT2D eigenvalue weighted by Crippen LogP contribution is 2.28. The molecule has 2 heteroatoms. The Labute approximate surface area is 124 Å². The second-order valence-electron chi connectivity index (χ2n) is 7.17. The predicted molar refractivity (Wildman–Crippen MR) is 85.6 cm³/mol. The number of benzene rings is 1. The van der Waals surface area contributed by atoms with Gasteiger partial charge < -0.3 is 5.32 Å². The molecule has 1 aromatic carbocycles. The van der Waals surface area contributed by atoms with Gasteiger partial charge >= 0.3 is 0 Å². The van der Waals surface area contributed by atoms with E-state index in [1.165, 1.54) is 11.1 Å². The van der Waals surface area contributed by atoms with Gasteiger partial charge in [-0.2, -0.15) is 5.26 Å². The molecule has 0 unspecified atom stereocenters. The molecule has 0 saturated carbocycles. The van der Waals surface area contributed by atoms with Crippen LogP contribution in [0.4, 0.5) is 0 Å². The van der Waals surface area contributed by atoms with Crippen LogP contribution in [0.3, 0.4) is 0 Å². The SMILES string of the molecule is CCC(C)(C)c1ccc([C@@H](CC#N)NC(C)(C)C)cc1. The first kappa shape index (κ1) is 16.7. The van der Waals surface area contributed by atoms with E-state index in [2.05, 4.69) is 77.2 Å². The molecular weight excluding hydrogens is 244 g/mol. The molecule has 1 atom stereocenters. The second kappa shape index (κ2) is 6.41. The summed E-state index contributed by atoms with van der Waals surface area (Å²) in [5, 5.41) is 12.5. The first-order valence-corrected chi connectivity index (χ1v) is 7.44. The van der Waals surface area contributed by atoms with E-state index in [9.17, 15) is 0 Å². The van der Waals surface area contributed by atoms with Gasteiger partial charge in [0, 0.05) is 11.6 Å². The standard InChI is InChI=1S/C18H28N2/c1-7-18(5,6)15-10-8-14(9-11-15)16(12-13-19)20-17(2,3)4/h8-11,16,20H,7,12H2,1-6H3/t16-/m1/s1. The van der Waals surface area contributed by atoms with Gasteiger partial charge in [0.1, 0.15) is 0 Å². The highest BCUT2D eigenvalue weighted by Gasteiger charge is 2.21. The van der Waals surface area contributed by atoms with Crippen molar-refractivity contribution in [2.45, 2.75) is 71.4 Å². The lowest BCUT2D eigenvalue weighted by Gasteiger charge is -2.28. The minimum Gasteiger partial charge on any atom is -0.304 e. The normalized spacial score (nSPS) is 13.8. The van der Waals surface area contributed by atoms with Crippen molar-refractivity contribution in [3.63, 3.8) is 0 Å². The Hall–Kier alpha value is -1.33. The zero-order valence-electron chi connectivity index (χ0n) is 13.7. The van der Waals surface area contributed by atoms with E-state index in [4.69, 9.17) is 5.26 Å². The summed E-state index contributed by atoms with van der Waals surface area (Å²) in [5.41, 5.74) is 2.76. The number of rotatable bonds is 5. The molecule has 1 aromatic rings. The lowest BCUT2D eigenvalue weighted by molar-refractivity contribution is 0.366. The third-order valence-corrected chi connectivity index (χ3v) is 3.88. The summed E-state index contributed by atoms with van der Waals surface area (Å²) in [7, 11) is 0. The van der Waals surface area contributed by atoms with Crippen LogP contribution >= 0.6 is 0 Å². The fourth-order valence-electron chi connectivity index (χ4n) is 2.24. The van der Waals surface area contributed by atoms with Crippen LogP contribution in [-0.4, -0.2) is 5.54 Å². The van der Waals surface area contributed by atoms with Crippen LogP contribution in [0.15, 0.2) is 24.3 Å². The molecule has 0 radical (unpaired) electrons. The van der Waals surface area contributed by atoms with Gasteiger partial charge in [-0.25, -0.2) is 0 Å². The molecule has 0 amide bonds. The Kier molecular flexibility index (Phi) is 5.36. The first-order valence-electron chi connectivity index (χ1n) is 7.44. The molecule has 110 valence electrons. The van der Waals surface area contributed by atoms with Crippen molar-refractivity contribution >= 4 is 0 Å². The zero-order valence-corrected chi connectivity index (χ0v) is 13.7. The smallest absolute Gasteiger partial charge is 0.0641 e. The first-order chi connectivity index (χ1) is 9.19. The maximum atomic E-state index is 9.03. The number of nitrogens with one attached hydrogen (secondary N) is 1. The Morgan fingerprint density at radius 2 is 1.65 bits per heavy atom. The Bertz CT molecular complexity index is 458. The molecule has 0 heterocycles. The summed E-state index contributed by atoms with van der Waals surface area (Å²) in [6.45, 7) is 13.1. The molecule has 0 bridgehead atoms. The Balaban J connectivity index is 2.97. The second-order valence-corrected chi connectivity index (χ2v) is 7.17. The van der Waals surface area contributed by atoms with Gasteiger partial charge in [-0.3, -0.25) is 0 Å². The highest BCUT2D eigenvalue weighted by atomic mass is 15.0. The van der Waals surface area contributed by atoms with Crippen LogP contribution in [0.5, 0.6) is 0 Å². The van der Waals surface area contributed by atoms with E-state index in [-0.39, 0.29) is 17.0 Å². The average Bonchev–Trinajstić information content (AvgIpc) is 2.37. The molecule has 20 heavy (non-hydrogen) atoms. The molecule has 0 fully saturated rings. The maximum Gasteiger partial charge on any atom is 0.0641 e. The van der Waals surface area contributed by atoms with E-state index < -0.39 is 0 Å². The van der Waals surface area contributed by atoms with Crippen molar-refractivity contribution in [2.75, 3.05) is 0 Å². The van der Waals surface area contributed by atoms with Crippen LogP contribution in [0.2, 0.25) is 0 Å². The van der Waals surface area contributed by atoms with E-state index in [1.807, 2.05) is 0 Å². The third kappa shape index (κ3) is 4.65. The van der Waals surface area contributed by atoms with Gasteiger partial charge in [0.05, 0.1) is 12.5 Å². The van der Waals surface area contributed by atoms with E-state index in [0.29, 0.717) is 6.42 Å². The fraction of sp³-hybridized carbons (Fsp3) is 0.611. The molecular formula is C18H28N2. The summed E-state index contributed by atoms with van der Waals surface area (Å²) in [4.78, 5) is 0. The molecule has 1 N–H and O–H groups in total. The quantitative estimate of drug-likeness (QED) is 0.842. The lowest BCUT2D eigenvalue weighted by Crippen LogP contribution is -2.38. The number of nitriles is 1. The van der Waals surface area contributed by atoms with Crippen molar-refractivity contribution in [3.8, 4) is 6.07 Å². The minimum atomic E-state index is 0.00285. The zero-order chi connectivity index (χ0) is 15.4. The number of nitrogens with zero attached hydrogens (tertiary/aromatic N) is 1. The topological polar surface area (TPSA) is 35.8 Å². The third-order valence-electron chi connectivity index (χ3n) is 3.88. The average molecular weight is 272 g/mol. The molecule has 0 aliphatic heterocycles. The van der Waals surface area contributed by atoms with Crippen molar-refractivity contribution in [2.24, 2.45) is 0 Å². The maximum absolute atomic E-state index is 9.03. The molecule has 0 aliphatic rings. The van der Waals surface area contributed by atoms with Gasteiger partial charge in [0.25, 0.3) is 0 Å². The molecule has 0 saturated heterocycles. The Morgan fingerprint density at radius 1 is 1.10 bits per heavy atom. The molecule has 0 aliphatic carbocycles. The number of hydrogen-bond donors (Lipinski definition) is 1. The van der Waals surface area contributed by atoms with Gasteiger partial charge in [0.15, 0.2) is 0 Å². The lowest BCUT2D eigenvalue weighted by atomic mass is 9.81. The van der Waals surface area contributed by atoms with Crippen LogP contribution in [0.25, 0.3) is 0 Å². The van der Waals surface area contributed by atoms with Crippen molar-refractivity contribution in [3.05, 3.63) is 35.4 Å². The Morgan fingerprint density at radius 3 is 2.05 bits per heavy atom. The summed E-state index contributed by atoms with van der Waals surface area (Å²) in [5.74, 6) is 0. The molecule has 1 rings (SSSR count). The van der Waals surface area contributed by atoms with Crippen molar-refractivity contribution in [1.29, 1.82) is 5.26 Å². The minimum absolute atomic E-state index is 0.00285. The summed E-state index contributed by atoms with van der Waals surface area (Å²) >= 11 is 0. The fourth-order valence-corrected chi connectivity index (χ4v) is 2.24. The van der Waals surface area contributed by atoms with Gasteiger partial charge in [-0.15, -0.1) is 0 Å².